The summed E-state index contributed by atoms with van der Waals surface area (Å²) in [6.45, 7) is 0.377. The lowest BCUT2D eigenvalue weighted by Crippen LogP contribution is -2.02. The van der Waals surface area contributed by atoms with Crippen molar-refractivity contribution in [2.45, 2.75) is 6.54 Å². The molecule has 0 aliphatic heterocycles. The first-order chi connectivity index (χ1) is 9.24. The molecule has 0 atom stereocenters. The van der Waals surface area contributed by atoms with Crippen molar-refractivity contribution in [3.8, 4) is 5.75 Å². The van der Waals surface area contributed by atoms with Crippen LogP contribution >= 0.6 is 0 Å². The van der Waals surface area contributed by atoms with E-state index in [9.17, 15) is 4.39 Å². The monoisotopic (exact) mass is 259 g/mol. The highest BCUT2D eigenvalue weighted by Gasteiger charge is 2.06. The van der Waals surface area contributed by atoms with E-state index in [-0.39, 0.29) is 5.75 Å². The van der Waals surface area contributed by atoms with Crippen molar-refractivity contribution in [2.24, 2.45) is 0 Å². The molecule has 0 saturated heterocycles. The van der Waals surface area contributed by atoms with Gasteiger partial charge in [-0.25, -0.2) is 19.3 Å². The molecule has 6 nitrogen and oxygen atoms in total. The number of aromatic hydroxyl groups is 1. The summed E-state index contributed by atoms with van der Waals surface area (Å²) >= 11 is 0. The van der Waals surface area contributed by atoms with Crippen molar-refractivity contribution in [3.05, 3.63) is 42.2 Å². The zero-order valence-electron chi connectivity index (χ0n) is 9.76. The Morgan fingerprint density at radius 3 is 3.00 bits per heavy atom. The van der Waals surface area contributed by atoms with Crippen LogP contribution in [-0.2, 0) is 6.54 Å². The molecular formula is C12H10FN5O. The van der Waals surface area contributed by atoms with E-state index >= 15 is 0 Å². The molecule has 0 aliphatic rings. The summed E-state index contributed by atoms with van der Waals surface area (Å²) in [5.41, 5.74) is 1.96. The fourth-order valence-electron chi connectivity index (χ4n) is 1.75. The fourth-order valence-corrected chi connectivity index (χ4v) is 1.75. The van der Waals surface area contributed by atoms with Crippen molar-refractivity contribution in [1.29, 1.82) is 0 Å². The second-order valence-corrected chi connectivity index (χ2v) is 3.96. The number of phenolic OH excluding ortho intramolecular Hbond substituents is 1. The average molecular weight is 259 g/mol. The Hall–Kier alpha value is -2.70. The van der Waals surface area contributed by atoms with Crippen LogP contribution in [0.3, 0.4) is 0 Å². The smallest absolute Gasteiger partial charge is 0.182 e. The Morgan fingerprint density at radius 2 is 2.16 bits per heavy atom. The molecule has 96 valence electrons. The Morgan fingerprint density at radius 1 is 1.26 bits per heavy atom. The SMILES string of the molecule is Oc1ccc(CNc2ncnc3nc[nH]c23)cc1F. The fraction of sp³-hybridized carbons (Fsp3) is 0.0833. The maximum Gasteiger partial charge on any atom is 0.182 e. The number of aromatic nitrogens is 4. The van der Waals surface area contributed by atoms with Gasteiger partial charge < -0.3 is 15.4 Å². The van der Waals surface area contributed by atoms with Crippen LogP contribution in [0.4, 0.5) is 10.2 Å². The number of aromatic amines is 1. The first-order valence-electron chi connectivity index (χ1n) is 5.59. The van der Waals surface area contributed by atoms with Crippen LogP contribution in [0.15, 0.2) is 30.9 Å². The number of H-pyrrole nitrogens is 1. The molecule has 2 heterocycles. The first-order valence-corrected chi connectivity index (χ1v) is 5.59. The molecule has 3 aromatic rings. The Labute approximate surface area is 107 Å². The number of rotatable bonds is 3. The standard InChI is InChI=1S/C12H10FN5O/c13-8-3-7(1-2-9(8)19)4-14-11-10-12(16-5-15-10)18-6-17-11/h1-3,5-6,19H,4H2,(H2,14,15,16,17,18). The highest BCUT2D eigenvalue weighted by molar-refractivity contribution is 5.81. The average Bonchev–Trinajstić information content (AvgIpc) is 2.89. The topological polar surface area (TPSA) is 86.7 Å². The number of nitrogens with zero attached hydrogens (tertiary/aromatic N) is 3. The quantitative estimate of drug-likeness (QED) is 0.667. The molecule has 1 aromatic carbocycles. The second kappa shape index (κ2) is 4.52. The van der Waals surface area contributed by atoms with E-state index in [1.54, 1.807) is 6.07 Å². The first kappa shape index (κ1) is 11.4. The number of phenols is 1. The zero-order valence-corrected chi connectivity index (χ0v) is 9.76. The van der Waals surface area contributed by atoms with E-state index in [2.05, 4.69) is 25.3 Å². The predicted octanol–water partition coefficient (Wildman–Crippen LogP) is 1.81. The van der Waals surface area contributed by atoms with Gasteiger partial charge in [0, 0.05) is 6.54 Å². The number of nitrogens with one attached hydrogen (secondary N) is 2. The van der Waals surface area contributed by atoms with Gasteiger partial charge in [0.2, 0.25) is 0 Å². The Bertz CT molecular complexity index is 727. The molecule has 0 bridgehead atoms. The van der Waals surface area contributed by atoms with Crippen molar-refractivity contribution >= 4 is 17.0 Å². The van der Waals surface area contributed by atoms with Crippen LogP contribution in [0.2, 0.25) is 0 Å². The summed E-state index contributed by atoms with van der Waals surface area (Å²) in [6, 6.07) is 4.22. The third-order valence-electron chi connectivity index (χ3n) is 2.70. The number of halogens is 1. The number of anilines is 1. The van der Waals surface area contributed by atoms with Crippen molar-refractivity contribution in [2.75, 3.05) is 5.32 Å². The maximum atomic E-state index is 13.2. The highest BCUT2D eigenvalue weighted by Crippen LogP contribution is 2.18. The number of benzene rings is 1. The van der Waals surface area contributed by atoms with Crippen LogP contribution in [-0.4, -0.2) is 25.0 Å². The largest absolute Gasteiger partial charge is 0.505 e. The molecule has 0 spiro atoms. The molecule has 3 rings (SSSR count). The van der Waals surface area contributed by atoms with E-state index in [4.69, 9.17) is 5.11 Å². The summed E-state index contributed by atoms with van der Waals surface area (Å²) in [5.74, 6) is -0.411. The summed E-state index contributed by atoms with van der Waals surface area (Å²) in [5, 5.41) is 12.2. The molecule has 0 saturated carbocycles. The van der Waals surface area contributed by atoms with E-state index < -0.39 is 5.82 Å². The van der Waals surface area contributed by atoms with Crippen LogP contribution in [0.1, 0.15) is 5.56 Å². The number of imidazole rings is 1. The van der Waals surface area contributed by atoms with Gasteiger partial charge in [-0.15, -0.1) is 0 Å². The maximum absolute atomic E-state index is 13.2. The summed E-state index contributed by atoms with van der Waals surface area (Å²) < 4.78 is 13.2. The molecular weight excluding hydrogens is 249 g/mol. The molecule has 0 unspecified atom stereocenters. The molecule has 3 N–H and O–H groups in total. The van der Waals surface area contributed by atoms with Gasteiger partial charge in [-0.1, -0.05) is 6.07 Å². The summed E-state index contributed by atoms with van der Waals surface area (Å²) in [6.07, 6.45) is 2.94. The number of hydrogen-bond donors (Lipinski definition) is 3. The highest BCUT2D eigenvalue weighted by atomic mass is 19.1. The lowest BCUT2D eigenvalue weighted by Gasteiger charge is -2.06. The van der Waals surface area contributed by atoms with Crippen LogP contribution in [0, 0.1) is 5.82 Å². The minimum absolute atomic E-state index is 0.359. The molecule has 0 aliphatic carbocycles. The van der Waals surface area contributed by atoms with Gasteiger partial charge in [-0.05, 0) is 17.7 Å². The van der Waals surface area contributed by atoms with Crippen molar-refractivity contribution in [3.63, 3.8) is 0 Å². The van der Waals surface area contributed by atoms with Gasteiger partial charge in [0.1, 0.15) is 11.8 Å². The van der Waals surface area contributed by atoms with Crippen molar-refractivity contribution < 1.29 is 9.50 Å². The third-order valence-corrected chi connectivity index (χ3v) is 2.70. The summed E-state index contributed by atoms with van der Waals surface area (Å²) in [7, 11) is 0. The summed E-state index contributed by atoms with van der Waals surface area (Å²) in [4.78, 5) is 15.0. The van der Waals surface area contributed by atoms with Crippen LogP contribution in [0.25, 0.3) is 11.2 Å². The van der Waals surface area contributed by atoms with Gasteiger partial charge >= 0.3 is 0 Å². The second-order valence-electron chi connectivity index (χ2n) is 3.96. The zero-order chi connectivity index (χ0) is 13.2. The van der Waals surface area contributed by atoms with E-state index in [0.29, 0.717) is 29.1 Å². The van der Waals surface area contributed by atoms with Crippen LogP contribution in [0.5, 0.6) is 5.75 Å². The third kappa shape index (κ3) is 2.17. The van der Waals surface area contributed by atoms with Gasteiger partial charge in [-0.2, -0.15) is 0 Å². The molecule has 7 heteroatoms. The Balaban J connectivity index is 1.82. The number of hydrogen-bond acceptors (Lipinski definition) is 5. The number of fused-ring (bicyclic) bond motifs is 1. The molecule has 19 heavy (non-hydrogen) atoms. The lowest BCUT2D eigenvalue weighted by atomic mass is 10.2. The van der Waals surface area contributed by atoms with E-state index in [0.717, 1.165) is 0 Å². The van der Waals surface area contributed by atoms with E-state index in [1.807, 2.05) is 0 Å². The normalized spacial score (nSPS) is 10.8. The predicted molar refractivity (Wildman–Crippen MR) is 67.1 cm³/mol. The minimum atomic E-state index is -0.645. The lowest BCUT2D eigenvalue weighted by molar-refractivity contribution is 0.432. The minimum Gasteiger partial charge on any atom is -0.505 e. The van der Waals surface area contributed by atoms with E-state index in [1.165, 1.54) is 24.8 Å². The molecule has 2 aromatic heterocycles. The molecule has 0 radical (unpaired) electrons. The van der Waals surface area contributed by atoms with Gasteiger partial charge in [0.15, 0.2) is 23.0 Å². The molecule has 0 amide bonds. The van der Waals surface area contributed by atoms with Crippen molar-refractivity contribution in [1.82, 2.24) is 19.9 Å². The van der Waals surface area contributed by atoms with Gasteiger partial charge in [0.25, 0.3) is 0 Å². The van der Waals surface area contributed by atoms with Gasteiger partial charge in [0.05, 0.1) is 6.33 Å². The van der Waals surface area contributed by atoms with Gasteiger partial charge in [-0.3, -0.25) is 0 Å². The Kier molecular flexibility index (Phi) is 2.71. The van der Waals surface area contributed by atoms with Crippen LogP contribution < -0.4 is 5.32 Å². The molecule has 0 fully saturated rings.